The molecule has 0 heterocycles. The molecule has 0 spiro atoms. The summed E-state index contributed by atoms with van der Waals surface area (Å²) in [6.07, 6.45) is 0.174. The number of carbonyl (C=O) groups is 1. The second-order valence-corrected chi connectivity index (χ2v) is 3.35. The third kappa shape index (κ3) is 4.96. The summed E-state index contributed by atoms with van der Waals surface area (Å²) in [6.45, 7) is 5.98. The standard InChI is InChI=1S/C8H16NO3/c1-4-8(2,3)5-11-7(10)12-6-9/h9H,4-6H2,1-3H3. The van der Waals surface area contributed by atoms with Gasteiger partial charge in [0.25, 0.3) is 0 Å². The third-order valence-corrected chi connectivity index (χ3v) is 1.73. The zero-order valence-corrected chi connectivity index (χ0v) is 7.85. The van der Waals surface area contributed by atoms with E-state index < -0.39 is 6.16 Å². The number of hydrogen-bond donors (Lipinski definition) is 0. The largest absolute Gasteiger partial charge is 0.509 e. The minimum atomic E-state index is -0.758. The molecular weight excluding hydrogens is 158 g/mol. The molecule has 0 saturated heterocycles. The van der Waals surface area contributed by atoms with Gasteiger partial charge in [-0.2, -0.15) is 0 Å². The molecule has 0 atom stereocenters. The van der Waals surface area contributed by atoms with Crippen molar-refractivity contribution in [1.82, 2.24) is 5.73 Å². The first-order valence-corrected chi connectivity index (χ1v) is 3.96. The predicted octanol–water partition coefficient (Wildman–Crippen LogP) is 1.82. The lowest BCUT2D eigenvalue weighted by Crippen LogP contribution is -2.21. The molecule has 0 unspecified atom stereocenters. The van der Waals surface area contributed by atoms with Crippen molar-refractivity contribution in [2.24, 2.45) is 5.41 Å². The van der Waals surface area contributed by atoms with Crippen molar-refractivity contribution in [3.63, 3.8) is 0 Å². The molecule has 0 saturated carbocycles. The van der Waals surface area contributed by atoms with Gasteiger partial charge in [0.2, 0.25) is 0 Å². The average molecular weight is 174 g/mol. The van der Waals surface area contributed by atoms with E-state index in [9.17, 15) is 4.79 Å². The van der Waals surface area contributed by atoms with Crippen LogP contribution in [0, 0.1) is 5.41 Å². The molecule has 4 heteroatoms. The summed E-state index contributed by atoms with van der Waals surface area (Å²) in [5, 5.41) is 0. The third-order valence-electron chi connectivity index (χ3n) is 1.73. The number of ether oxygens (including phenoxy) is 2. The van der Waals surface area contributed by atoms with E-state index in [0.717, 1.165) is 6.42 Å². The minimum absolute atomic E-state index is 0.0129. The van der Waals surface area contributed by atoms with Crippen LogP contribution in [0.3, 0.4) is 0 Å². The van der Waals surface area contributed by atoms with Gasteiger partial charge in [0.1, 0.15) is 6.61 Å². The van der Waals surface area contributed by atoms with Crippen molar-refractivity contribution in [1.29, 1.82) is 0 Å². The summed E-state index contributed by atoms with van der Waals surface area (Å²) in [5.41, 5.74) is 6.58. The van der Waals surface area contributed by atoms with Crippen molar-refractivity contribution in [3.05, 3.63) is 0 Å². The molecule has 1 N–H and O–H groups in total. The first-order chi connectivity index (χ1) is 5.52. The van der Waals surface area contributed by atoms with E-state index in [1.807, 2.05) is 20.8 Å². The lowest BCUT2D eigenvalue weighted by molar-refractivity contribution is 0.0292. The van der Waals surface area contributed by atoms with Crippen LogP contribution in [0.4, 0.5) is 4.79 Å². The van der Waals surface area contributed by atoms with Crippen LogP contribution in [0.1, 0.15) is 27.2 Å². The molecule has 4 nitrogen and oxygen atoms in total. The molecule has 71 valence electrons. The Hall–Kier alpha value is -0.770. The zero-order chi connectivity index (χ0) is 9.61. The summed E-state index contributed by atoms with van der Waals surface area (Å²) < 4.78 is 9.04. The first kappa shape index (κ1) is 11.2. The molecule has 0 aromatic heterocycles. The lowest BCUT2D eigenvalue weighted by atomic mass is 9.92. The minimum Gasteiger partial charge on any atom is -0.434 e. The van der Waals surface area contributed by atoms with E-state index in [0.29, 0.717) is 6.61 Å². The van der Waals surface area contributed by atoms with E-state index in [1.165, 1.54) is 0 Å². The van der Waals surface area contributed by atoms with E-state index >= 15 is 0 Å². The van der Waals surface area contributed by atoms with Gasteiger partial charge in [-0.15, -0.1) is 0 Å². The van der Waals surface area contributed by atoms with Crippen LogP contribution < -0.4 is 5.73 Å². The van der Waals surface area contributed by atoms with Gasteiger partial charge in [-0.1, -0.05) is 20.8 Å². The fourth-order valence-electron chi connectivity index (χ4n) is 0.457. The summed E-state index contributed by atoms with van der Waals surface area (Å²) in [5.74, 6) is 0. The Morgan fingerprint density at radius 2 is 2.00 bits per heavy atom. The molecule has 0 aromatic rings. The van der Waals surface area contributed by atoms with Crippen LogP contribution in [0.15, 0.2) is 0 Å². The Morgan fingerprint density at radius 1 is 1.42 bits per heavy atom. The normalized spacial score (nSPS) is 11.0. The van der Waals surface area contributed by atoms with Crippen LogP contribution in [-0.4, -0.2) is 19.5 Å². The maximum absolute atomic E-state index is 10.6. The molecule has 0 fully saturated rings. The second kappa shape index (κ2) is 4.98. The van der Waals surface area contributed by atoms with Gasteiger partial charge >= 0.3 is 6.16 Å². The topological polar surface area (TPSA) is 59.3 Å². The van der Waals surface area contributed by atoms with Gasteiger partial charge < -0.3 is 9.47 Å². The SMILES string of the molecule is CCC(C)(C)COC(=O)OC[NH]. The van der Waals surface area contributed by atoms with Gasteiger partial charge in [0.15, 0.2) is 6.73 Å². The van der Waals surface area contributed by atoms with Crippen molar-refractivity contribution in [2.75, 3.05) is 13.3 Å². The van der Waals surface area contributed by atoms with Crippen LogP contribution in [0.25, 0.3) is 0 Å². The maximum atomic E-state index is 10.6. The molecule has 0 aliphatic carbocycles. The summed E-state index contributed by atoms with van der Waals surface area (Å²) in [4.78, 5) is 10.6. The Labute approximate surface area is 73.0 Å². The Kier molecular flexibility index (Phi) is 4.66. The summed E-state index contributed by atoms with van der Waals surface area (Å²) in [6, 6.07) is 0. The zero-order valence-electron chi connectivity index (χ0n) is 7.85. The van der Waals surface area contributed by atoms with Crippen LogP contribution >= 0.6 is 0 Å². The van der Waals surface area contributed by atoms with E-state index in [2.05, 4.69) is 4.74 Å². The first-order valence-electron chi connectivity index (χ1n) is 3.96. The molecule has 0 aliphatic heterocycles. The molecule has 0 rings (SSSR count). The van der Waals surface area contributed by atoms with Crippen LogP contribution in [0.5, 0.6) is 0 Å². The van der Waals surface area contributed by atoms with Crippen molar-refractivity contribution in [3.8, 4) is 0 Å². The quantitative estimate of drug-likeness (QED) is 0.611. The molecule has 1 radical (unpaired) electrons. The number of nitrogens with one attached hydrogen (secondary N) is 1. The Morgan fingerprint density at radius 3 is 2.42 bits per heavy atom. The molecule has 0 bridgehead atoms. The highest BCUT2D eigenvalue weighted by Crippen LogP contribution is 2.19. The number of rotatable bonds is 4. The van der Waals surface area contributed by atoms with E-state index in [-0.39, 0.29) is 12.1 Å². The van der Waals surface area contributed by atoms with Crippen molar-refractivity contribution >= 4 is 6.16 Å². The second-order valence-electron chi connectivity index (χ2n) is 3.35. The van der Waals surface area contributed by atoms with Crippen LogP contribution in [-0.2, 0) is 9.47 Å². The Balaban J connectivity index is 3.60. The van der Waals surface area contributed by atoms with Crippen molar-refractivity contribution < 1.29 is 14.3 Å². The van der Waals surface area contributed by atoms with Gasteiger partial charge in [-0.05, 0) is 11.8 Å². The van der Waals surface area contributed by atoms with E-state index in [1.54, 1.807) is 0 Å². The van der Waals surface area contributed by atoms with Gasteiger partial charge in [-0.3, -0.25) is 0 Å². The number of hydrogen-bond acceptors (Lipinski definition) is 3. The predicted molar refractivity (Wildman–Crippen MR) is 44.5 cm³/mol. The molecule has 0 aromatic carbocycles. The van der Waals surface area contributed by atoms with Gasteiger partial charge in [-0.25, -0.2) is 10.5 Å². The monoisotopic (exact) mass is 174 g/mol. The average Bonchev–Trinajstić information content (AvgIpc) is 2.02. The molecule has 0 aliphatic rings. The highest BCUT2D eigenvalue weighted by Gasteiger charge is 2.17. The summed E-state index contributed by atoms with van der Waals surface area (Å²) in [7, 11) is 0. The lowest BCUT2D eigenvalue weighted by Gasteiger charge is -2.21. The number of carbonyl (C=O) groups excluding carboxylic acids is 1. The highest BCUT2D eigenvalue weighted by atomic mass is 16.7. The molecular formula is C8H16NO3. The molecule has 12 heavy (non-hydrogen) atoms. The highest BCUT2D eigenvalue weighted by molar-refractivity contribution is 5.59. The summed E-state index contributed by atoms with van der Waals surface area (Å²) >= 11 is 0. The fraction of sp³-hybridized carbons (Fsp3) is 0.875. The van der Waals surface area contributed by atoms with Crippen LogP contribution in [0.2, 0.25) is 0 Å². The smallest absolute Gasteiger partial charge is 0.434 e. The van der Waals surface area contributed by atoms with Gasteiger partial charge in [0.05, 0.1) is 0 Å². The Bertz CT molecular complexity index is 145. The van der Waals surface area contributed by atoms with Crippen molar-refractivity contribution in [2.45, 2.75) is 27.2 Å². The van der Waals surface area contributed by atoms with E-state index in [4.69, 9.17) is 10.5 Å². The fourth-order valence-corrected chi connectivity index (χ4v) is 0.457. The molecule has 0 amide bonds. The van der Waals surface area contributed by atoms with Gasteiger partial charge in [0, 0.05) is 0 Å². The maximum Gasteiger partial charge on any atom is 0.509 e.